The van der Waals surface area contributed by atoms with Crippen LogP contribution >= 0.6 is 0 Å². The Labute approximate surface area is 188 Å². The van der Waals surface area contributed by atoms with Crippen molar-refractivity contribution in [2.24, 2.45) is 0 Å². The molecule has 0 spiro atoms. The highest BCUT2D eigenvalue weighted by atomic mass is 16.5. The van der Waals surface area contributed by atoms with Gasteiger partial charge in [-0.15, -0.1) is 0 Å². The Morgan fingerprint density at radius 2 is 1.97 bits per heavy atom. The molecule has 172 valence electrons. The molecule has 1 unspecified atom stereocenters. The van der Waals surface area contributed by atoms with Crippen LogP contribution in [0.15, 0.2) is 35.4 Å². The summed E-state index contributed by atoms with van der Waals surface area (Å²) in [5.41, 5.74) is 1.14. The number of H-pyrrole nitrogens is 1. The molecule has 8 nitrogen and oxygen atoms in total. The van der Waals surface area contributed by atoms with Crippen LogP contribution in [0.25, 0.3) is 22.6 Å². The first kappa shape index (κ1) is 23.5. The van der Waals surface area contributed by atoms with Crippen molar-refractivity contribution in [2.75, 3.05) is 13.2 Å². The molecule has 8 heteroatoms. The molecule has 32 heavy (non-hydrogen) atoms. The molecule has 2 heterocycles. The van der Waals surface area contributed by atoms with E-state index in [1.807, 2.05) is 35.8 Å². The molecule has 1 atom stereocenters. The molecule has 0 bridgehead atoms. The van der Waals surface area contributed by atoms with E-state index in [4.69, 9.17) is 14.5 Å². The summed E-state index contributed by atoms with van der Waals surface area (Å²) in [7, 11) is 0. The Morgan fingerprint density at radius 3 is 2.72 bits per heavy atom. The zero-order valence-electron chi connectivity index (χ0n) is 19.1. The quantitative estimate of drug-likeness (QED) is 0.325. The maximum Gasteiger partial charge on any atom is 0.302 e. The van der Waals surface area contributed by atoms with Crippen LogP contribution in [-0.2, 0) is 9.53 Å². The number of hydrogen-bond acceptors (Lipinski definition) is 6. The predicted octanol–water partition coefficient (Wildman–Crippen LogP) is 4.65. The highest BCUT2D eigenvalue weighted by Gasteiger charge is 2.20. The van der Waals surface area contributed by atoms with Crippen molar-refractivity contribution in [3.05, 3.63) is 40.9 Å². The summed E-state index contributed by atoms with van der Waals surface area (Å²) < 4.78 is 13.0. The number of carbonyl (C=O) groups is 1. The third-order valence-corrected chi connectivity index (χ3v) is 5.30. The molecular weight excluding hydrogens is 408 g/mol. The Balaban J connectivity index is 2.00. The third kappa shape index (κ3) is 5.75. The number of fused-ring (bicyclic) bond motifs is 1. The van der Waals surface area contributed by atoms with E-state index in [9.17, 15) is 9.59 Å². The maximum absolute atomic E-state index is 12.8. The minimum Gasteiger partial charge on any atom is -0.493 e. The highest BCUT2D eigenvalue weighted by Crippen LogP contribution is 2.28. The molecule has 0 aliphatic heterocycles. The lowest BCUT2D eigenvalue weighted by Crippen LogP contribution is -2.18. The predicted molar refractivity (Wildman–Crippen MR) is 124 cm³/mol. The second-order valence-corrected chi connectivity index (χ2v) is 7.89. The van der Waals surface area contributed by atoms with Gasteiger partial charge in [0.15, 0.2) is 11.2 Å². The van der Waals surface area contributed by atoms with Crippen molar-refractivity contribution in [1.82, 2.24) is 19.5 Å². The molecule has 3 rings (SSSR count). The van der Waals surface area contributed by atoms with E-state index >= 15 is 0 Å². The van der Waals surface area contributed by atoms with Crippen molar-refractivity contribution in [1.29, 1.82) is 0 Å². The number of nitrogens with one attached hydrogen (secondary N) is 1. The number of aromatic amines is 1. The molecular formula is C24H32N4O4. The van der Waals surface area contributed by atoms with Gasteiger partial charge in [-0.3, -0.25) is 9.59 Å². The van der Waals surface area contributed by atoms with Gasteiger partial charge in [0.25, 0.3) is 5.56 Å². The molecule has 1 aromatic carbocycles. The van der Waals surface area contributed by atoms with Gasteiger partial charge in [-0.1, -0.05) is 51.7 Å². The van der Waals surface area contributed by atoms with E-state index in [-0.39, 0.29) is 29.7 Å². The third-order valence-electron chi connectivity index (χ3n) is 5.30. The summed E-state index contributed by atoms with van der Waals surface area (Å²) in [5.74, 6) is 0.758. The molecule has 0 saturated heterocycles. The van der Waals surface area contributed by atoms with Gasteiger partial charge < -0.3 is 19.0 Å². The molecule has 0 fully saturated rings. The summed E-state index contributed by atoms with van der Waals surface area (Å²) in [6.07, 6.45) is 7.68. The first-order chi connectivity index (χ1) is 15.5. The Bertz CT molecular complexity index is 1090. The normalized spacial score (nSPS) is 12.1. The summed E-state index contributed by atoms with van der Waals surface area (Å²) in [5, 5.41) is 0. The van der Waals surface area contributed by atoms with Gasteiger partial charge in [-0.25, -0.2) is 9.97 Å². The lowest BCUT2D eigenvalue weighted by atomic mass is 10.1. The van der Waals surface area contributed by atoms with Crippen LogP contribution in [0.1, 0.15) is 65.3 Å². The number of rotatable bonds is 12. The van der Waals surface area contributed by atoms with Crippen LogP contribution in [0.3, 0.4) is 0 Å². The number of ether oxygens (including phenoxy) is 2. The van der Waals surface area contributed by atoms with Crippen LogP contribution in [0.2, 0.25) is 0 Å². The van der Waals surface area contributed by atoms with Gasteiger partial charge in [0.1, 0.15) is 18.2 Å². The second kappa shape index (κ2) is 11.5. The first-order valence-electron chi connectivity index (χ1n) is 11.4. The van der Waals surface area contributed by atoms with Gasteiger partial charge in [0.2, 0.25) is 0 Å². The van der Waals surface area contributed by atoms with Gasteiger partial charge in [-0.2, -0.15) is 0 Å². The van der Waals surface area contributed by atoms with E-state index in [1.165, 1.54) is 6.92 Å². The lowest BCUT2D eigenvalue weighted by Gasteiger charge is -2.19. The van der Waals surface area contributed by atoms with Crippen molar-refractivity contribution in [3.63, 3.8) is 0 Å². The molecule has 1 N–H and O–H groups in total. The second-order valence-electron chi connectivity index (χ2n) is 7.89. The lowest BCUT2D eigenvalue weighted by molar-refractivity contribution is -0.142. The molecule has 3 aromatic rings. The van der Waals surface area contributed by atoms with E-state index in [1.54, 1.807) is 6.33 Å². The number of carbonyl (C=O) groups excluding carboxylic acids is 1. The van der Waals surface area contributed by atoms with Crippen LogP contribution < -0.4 is 10.3 Å². The topological polar surface area (TPSA) is 99.1 Å². The Kier molecular flexibility index (Phi) is 8.41. The molecule has 0 saturated carbocycles. The van der Waals surface area contributed by atoms with E-state index in [0.29, 0.717) is 29.4 Å². The average molecular weight is 441 g/mol. The SMILES string of the molecule is CCCCCCC(COC(C)=O)n1cnc2c(=O)[nH]c(-c3ccccc3OCCC)nc21. The van der Waals surface area contributed by atoms with Crippen LogP contribution in [-0.4, -0.2) is 38.7 Å². The van der Waals surface area contributed by atoms with Crippen molar-refractivity contribution >= 4 is 17.1 Å². The van der Waals surface area contributed by atoms with E-state index in [0.717, 1.165) is 38.5 Å². The van der Waals surface area contributed by atoms with Crippen LogP contribution in [0.4, 0.5) is 0 Å². The monoisotopic (exact) mass is 440 g/mol. The minimum atomic E-state index is -0.332. The highest BCUT2D eigenvalue weighted by molar-refractivity contribution is 5.74. The van der Waals surface area contributed by atoms with Crippen LogP contribution in [0.5, 0.6) is 5.75 Å². The number of benzene rings is 1. The Morgan fingerprint density at radius 1 is 1.16 bits per heavy atom. The van der Waals surface area contributed by atoms with E-state index in [2.05, 4.69) is 16.9 Å². The van der Waals surface area contributed by atoms with E-state index < -0.39 is 0 Å². The van der Waals surface area contributed by atoms with Gasteiger partial charge >= 0.3 is 5.97 Å². The molecule has 0 radical (unpaired) electrons. The zero-order valence-corrected chi connectivity index (χ0v) is 19.1. The molecule has 2 aromatic heterocycles. The summed E-state index contributed by atoms with van der Waals surface area (Å²) >= 11 is 0. The number of para-hydroxylation sites is 1. The van der Waals surface area contributed by atoms with Crippen molar-refractivity contribution in [2.45, 2.75) is 65.3 Å². The number of unbranched alkanes of at least 4 members (excludes halogenated alkanes) is 3. The van der Waals surface area contributed by atoms with Crippen molar-refractivity contribution < 1.29 is 14.3 Å². The molecule has 0 aliphatic rings. The minimum absolute atomic E-state index is 0.144. The fourth-order valence-corrected chi connectivity index (χ4v) is 3.64. The smallest absolute Gasteiger partial charge is 0.302 e. The number of imidazole rings is 1. The molecule has 0 amide bonds. The summed E-state index contributed by atoms with van der Waals surface area (Å²) in [4.78, 5) is 36.1. The standard InChI is InChI=1S/C24H32N4O4/c1-4-6-7-8-11-18(15-32-17(3)29)28-16-25-21-23(28)26-22(27-24(21)30)19-12-9-10-13-20(19)31-14-5-2/h9-10,12-13,16,18H,4-8,11,14-15H2,1-3H3,(H,26,27,30). The molecule has 0 aliphatic carbocycles. The fraction of sp³-hybridized carbons (Fsp3) is 0.500. The fourth-order valence-electron chi connectivity index (χ4n) is 3.64. The first-order valence-corrected chi connectivity index (χ1v) is 11.4. The number of nitrogens with zero attached hydrogens (tertiary/aromatic N) is 3. The summed E-state index contributed by atoms with van der Waals surface area (Å²) in [6, 6.07) is 7.36. The Hall–Kier alpha value is -3.16. The van der Waals surface area contributed by atoms with Crippen molar-refractivity contribution in [3.8, 4) is 17.1 Å². The number of aromatic nitrogens is 4. The van der Waals surface area contributed by atoms with Gasteiger partial charge in [0.05, 0.1) is 24.5 Å². The van der Waals surface area contributed by atoms with Crippen LogP contribution in [0, 0.1) is 0 Å². The number of esters is 1. The number of hydrogen-bond donors (Lipinski definition) is 1. The zero-order chi connectivity index (χ0) is 22.9. The van der Waals surface area contributed by atoms with Gasteiger partial charge in [0, 0.05) is 6.92 Å². The average Bonchev–Trinajstić information content (AvgIpc) is 3.21. The largest absolute Gasteiger partial charge is 0.493 e. The summed E-state index contributed by atoms with van der Waals surface area (Å²) in [6.45, 7) is 6.39. The van der Waals surface area contributed by atoms with Gasteiger partial charge in [-0.05, 0) is 25.0 Å². The maximum atomic E-state index is 12.8.